The van der Waals surface area contributed by atoms with Gasteiger partial charge in [0.1, 0.15) is 16.7 Å². The molecule has 6 nitrogen and oxygen atoms in total. The lowest BCUT2D eigenvalue weighted by atomic mass is 9.81. The van der Waals surface area contributed by atoms with Crippen molar-refractivity contribution < 1.29 is 32.6 Å². The van der Waals surface area contributed by atoms with Gasteiger partial charge in [0.25, 0.3) is 0 Å². The molecule has 2 heterocycles. The number of rotatable bonds is 6. The second-order valence-electron chi connectivity index (χ2n) is 12.0. The number of amides is 1. The normalized spacial score (nSPS) is 24.3. The number of halogens is 3. The lowest BCUT2D eigenvalue weighted by molar-refractivity contribution is -0.141. The Morgan fingerprint density at radius 1 is 1.03 bits per heavy atom. The highest BCUT2D eigenvalue weighted by atomic mass is 32.1. The van der Waals surface area contributed by atoms with Gasteiger partial charge in [-0.2, -0.15) is 13.2 Å². The number of thiophene rings is 1. The molecule has 1 N–H and O–H groups in total. The zero-order chi connectivity index (χ0) is 28.5. The second-order valence-corrected chi connectivity index (χ2v) is 13.0. The van der Waals surface area contributed by atoms with Crippen LogP contribution in [0.3, 0.4) is 0 Å². The van der Waals surface area contributed by atoms with Crippen molar-refractivity contribution in [3.05, 3.63) is 39.7 Å². The first-order valence-corrected chi connectivity index (χ1v) is 14.5. The minimum atomic E-state index is -4.55. The van der Waals surface area contributed by atoms with Gasteiger partial charge < -0.3 is 14.7 Å². The largest absolute Gasteiger partial charge is 0.477 e. The quantitative estimate of drug-likeness (QED) is 0.387. The maximum atomic E-state index is 14.0. The number of carboxylic acid groups (broad SMARTS) is 1. The summed E-state index contributed by atoms with van der Waals surface area (Å²) in [7, 11) is 0. The van der Waals surface area contributed by atoms with E-state index in [9.17, 15) is 27.9 Å². The minimum absolute atomic E-state index is 0.0217. The van der Waals surface area contributed by atoms with Crippen molar-refractivity contribution in [1.82, 2.24) is 4.98 Å². The number of carboxylic acids is 1. The van der Waals surface area contributed by atoms with Crippen LogP contribution in [0.2, 0.25) is 0 Å². The van der Waals surface area contributed by atoms with Crippen molar-refractivity contribution in [2.24, 2.45) is 11.8 Å². The Bertz CT molecular complexity index is 1170. The fourth-order valence-electron chi connectivity index (χ4n) is 5.51. The Morgan fingerprint density at radius 2 is 1.67 bits per heavy atom. The summed E-state index contributed by atoms with van der Waals surface area (Å²) in [6.07, 6.45) is 0.772. The Balaban J connectivity index is 1.57. The Hall–Kier alpha value is -2.62. The number of alkyl halides is 3. The number of aromatic carboxylic acids is 1. The van der Waals surface area contributed by atoms with E-state index < -0.39 is 17.8 Å². The lowest BCUT2D eigenvalue weighted by Gasteiger charge is -2.39. The van der Waals surface area contributed by atoms with Gasteiger partial charge in [0.2, 0.25) is 11.8 Å². The van der Waals surface area contributed by atoms with Crippen LogP contribution in [0.15, 0.2) is 24.3 Å². The molecule has 4 rings (SSSR count). The van der Waals surface area contributed by atoms with E-state index in [1.807, 2.05) is 26.8 Å². The van der Waals surface area contributed by atoms with E-state index >= 15 is 0 Å². The highest BCUT2D eigenvalue weighted by Crippen LogP contribution is 2.42. The summed E-state index contributed by atoms with van der Waals surface area (Å²) in [6.45, 7) is 8.25. The molecule has 2 aliphatic rings. The molecule has 0 saturated heterocycles. The maximum Gasteiger partial charge on any atom is 0.433 e. The summed E-state index contributed by atoms with van der Waals surface area (Å²) in [5, 5.41) is 10.1. The number of nitrogens with zero attached hydrogens (tertiary/aromatic N) is 2. The third kappa shape index (κ3) is 6.94. The molecular formula is C29H37F3N2O4S. The number of carbonyl (C=O) groups excluding carboxylic acids is 1. The zero-order valence-electron chi connectivity index (χ0n) is 22.9. The van der Waals surface area contributed by atoms with Crippen LogP contribution in [-0.4, -0.2) is 34.1 Å². The number of hydrogen-bond donors (Lipinski definition) is 1. The summed E-state index contributed by atoms with van der Waals surface area (Å²) in [6, 6.07) is 5.25. The first-order chi connectivity index (χ1) is 18.2. The van der Waals surface area contributed by atoms with Gasteiger partial charge in [-0.25, -0.2) is 9.78 Å². The van der Waals surface area contributed by atoms with Crippen molar-refractivity contribution in [2.45, 2.75) is 103 Å². The first kappa shape index (κ1) is 29.4. The molecule has 2 aromatic rings. The van der Waals surface area contributed by atoms with Crippen LogP contribution in [0.1, 0.15) is 99.3 Å². The Kier molecular flexibility index (Phi) is 8.64. The van der Waals surface area contributed by atoms with Gasteiger partial charge >= 0.3 is 12.1 Å². The molecule has 0 atom stereocenters. The van der Waals surface area contributed by atoms with Crippen molar-refractivity contribution >= 4 is 28.9 Å². The Morgan fingerprint density at radius 3 is 2.23 bits per heavy atom. The fourth-order valence-corrected chi connectivity index (χ4v) is 6.56. The number of anilines is 1. The molecule has 0 radical (unpaired) electrons. The van der Waals surface area contributed by atoms with Gasteiger partial charge in [0.15, 0.2) is 0 Å². The molecule has 1 amide bonds. The van der Waals surface area contributed by atoms with Gasteiger partial charge in [0, 0.05) is 22.9 Å². The monoisotopic (exact) mass is 566 g/mol. The van der Waals surface area contributed by atoms with Gasteiger partial charge in [-0.1, -0.05) is 33.8 Å². The highest BCUT2D eigenvalue weighted by molar-refractivity contribution is 7.14. The van der Waals surface area contributed by atoms with Crippen LogP contribution in [0.4, 0.5) is 18.9 Å². The molecule has 0 unspecified atom stereocenters. The molecule has 0 bridgehead atoms. The smallest absolute Gasteiger partial charge is 0.433 e. The maximum absolute atomic E-state index is 14.0. The predicted molar refractivity (Wildman–Crippen MR) is 144 cm³/mol. The minimum Gasteiger partial charge on any atom is -0.477 e. The molecule has 2 aliphatic carbocycles. The SMILES string of the molecule is CC1CCC(C(=O)N(c2cc(C(C)(C)C)sc2C(=O)O)C2CCC(Oc3cccc(C(F)(F)F)n3)CC2)CC1. The topological polar surface area (TPSA) is 79.7 Å². The molecular weight excluding hydrogens is 529 g/mol. The fraction of sp³-hybridized carbons (Fsp3) is 0.621. The summed E-state index contributed by atoms with van der Waals surface area (Å²) >= 11 is 1.22. The van der Waals surface area contributed by atoms with Crippen molar-refractivity contribution in [3.63, 3.8) is 0 Å². The average Bonchev–Trinajstić information content (AvgIpc) is 3.31. The zero-order valence-corrected chi connectivity index (χ0v) is 23.7. The second kappa shape index (κ2) is 11.5. The standard InChI is InChI=1S/C29H37F3N2O4S/c1-17-8-10-18(11-9-17)26(35)34(21-16-23(28(2,3)4)39-25(21)27(36)37)19-12-14-20(15-13-19)38-24-7-5-6-22(33-24)29(30,31)32/h5-7,16-20H,8-15H2,1-4H3,(H,36,37). The number of carbonyl (C=O) groups is 2. The third-order valence-electron chi connectivity index (χ3n) is 7.82. The summed E-state index contributed by atoms with van der Waals surface area (Å²) in [5.74, 6) is -0.718. The van der Waals surface area contributed by atoms with Gasteiger partial charge in [-0.05, 0) is 74.8 Å². The molecule has 2 fully saturated rings. The predicted octanol–water partition coefficient (Wildman–Crippen LogP) is 7.71. The Labute approximate surface area is 231 Å². The highest BCUT2D eigenvalue weighted by Gasteiger charge is 2.39. The summed E-state index contributed by atoms with van der Waals surface area (Å²) in [4.78, 5) is 32.8. The molecule has 2 saturated carbocycles. The molecule has 10 heteroatoms. The van der Waals surface area contributed by atoms with E-state index in [4.69, 9.17) is 4.74 Å². The van der Waals surface area contributed by atoms with E-state index in [0.29, 0.717) is 37.3 Å². The average molecular weight is 567 g/mol. The summed E-state index contributed by atoms with van der Waals surface area (Å²) in [5.41, 5.74) is -0.809. The van der Waals surface area contributed by atoms with Crippen LogP contribution < -0.4 is 9.64 Å². The number of pyridine rings is 1. The van der Waals surface area contributed by atoms with E-state index in [1.165, 1.54) is 23.5 Å². The van der Waals surface area contributed by atoms with Crippen LogP contribution in [-0.2, 0) is 16.4 Å². The number of hydrogen-bond acceptors (Lipinski definition) is 5. The van der Waals surface area contributed by atoms with E-state index in [0.717, 1.165) is 36.6 Å². The van der Waals surface area contributed by atoms with Crippen molar-refractivity contribution in [2.75, 3.05) is 4.90 Å². The number of aromatic nitrogens is 1. The van der Waals surface area contributed by atoms with Crippen LogP contribution in [0, 0.1) is 11.8 Å². The molecule has 214 valence electrons. The van der Waals surface area contributed by atoms with Crippen molar-refractivity contribution in [1.29, 1.82) is 0 Å². The van der Waals surface area contributed by atoms with Crippen LogP contribution in [0.25, 0.3) is 0 Å². The molecule has 2 aromatic heterocycles. The van der Waals surface area contributed by atoms with Gasteiger partial charge in [-0.15, -0.1) is 11.3 Å². The molecule has 0 spiro atoms. The van der Waals surface area contributed by atoms with E-state index in [2.05, 4.69) is 11.9 Å². The van der Waals surface area contributed by atoms with Gasteiger partial charge in [0.05, 0.1) is 5.69 Å². The van der Waals surface area contributed by atoms with Crippen LogP contribution in [0.5, 0.6) is 5.88 Å². The van der Waals surface area contributed by atoms with Gasteiger partial charge in [-0.3, -0.25) is 4.79 Å². The molecule has 0 aliphatic heterocycles. The lowest BCUT2D eigenvalue weighted by Crippen LogP contribution is -2.47. The number of ether oxygens (including phenoxy) is 1. The molecule has 39 heavy (non-hydrogen) atoms. The van der Waals surface area contributed by atoms with E-state index in [1.54, 1.807) is 4.90 Å². The first-order valence-electron chi connectivity index (χ1n) is 13.7. The van der Waals surface area contributed by atoms with Crippen molar-refractivity contribution in [3.8, 4) is 5.88 Å². The molecule has 0 aromatic carbocycles. The van der Waals surface area contributed by atoms with Crippen LogP contribution >= 0.6 is 11.3 Å². The van der Waals surface area contributed by atoms with E-state index in [-0.39, 0.29) is 40.1 Å². The summed E-state index contributed by atoms with van der Waals surface area (Å²) < 4.78 is 45.0. The third-order valence-corrected chi connectivity index (χ3v) is 9.36.